The number of fused-ring (bicyclic) bond motifs is 3. The van der Waals surface area contributed by atoms with Crippen LogP contribution in [0.2, 0.25) is 0 Å². The molecule has 7 rings (SSSR count). The second kappa shape index (κ2) is 10.8. The van der Waals surface area contributed by atoms with E-state index in [9.17, 15) is 0 Å². The van der Waals surface area contributed by atoms with Crippen LogP contribution in [0, 0.1) is 0 Å². The van der Waals surface area contributed by atoms with Crippen LogP contribution in [0.25, 0.3) is 71.3 Å². The van der Waals surface area contributed by atoms with Gasteiger partial charge in [0.1, 0.15) is 0 Å². The maximum Gasteiger partial charge on any atom is -0.000139 e. The van der Waals surface area contributed by atoms with Gasteiger partial charge in [0.2, 0.25) is 0 Å². The van der Waals surface area contributed by atoms with E-state index in [0.717, 1.165) is 5.57 Å². The first kappa shape index (κ1) is 25.5. The third kappa shape index (κ3) is 4.08. The van der Waals surface area contributed by atoms with E-state index in [0.29, 0.717) is 0 Å². The molecule has 0 fully saturated rings. The molecule has 0 heterocycles. The summed E-state index contributed by atoms with van der Waals surface area (Å²) in [6, 6.07) is 50.2. The van der Waals surface area contributed by atoms with Gasteiger partial charge in [-0.15, -0.1) is 0 Å². The standard InChI is InChI=1S/C42H30/c1-3-18-29(4-2)37-33-25-14-15-26-34(33)39(31-21-10-6-11-22-31)42-40(32-23-12-7-13-24-32)36-28-17-16-27-35(36)38(41(37)42)30-19-8-5-9-20-30/h3-28H,1-2H2/b29-18+. The Hall–Kier alpha value is -5.46. The Balaban J connectivity index is 1.91. The molecule has 0 heteroatoms. The van der Waals surface area contributed by atoms with Gasteiger partial charge in [0.15, 0.2) is 0 Å². The molecular formula is C42H30. The van der Waals surface area contributed by atoms with Crippen molar-refractivity contribution in [1.82, 2.24) is 0 Å². The van der Waals surface area contributed by atoms with Gasteiger partial charge in [-0.3, -0.25) is 0 Å². The summed E-state index contributed by atoms with van der Waals surface area (Å²) in [5.41, 5.74) is 9.54. The summed E-state index contributed by atoms with van der Waals surface area (Å²) >= 11 is 0. The molecule has 0 nitrogen and oxygen atoms in total. The fraction of sp³-hybridized carbons (Fsp3) is 0. The van der Waals surface area contributed by atoms with E-state index in [1.54, 1.807) is 0 Å². The van der Waals surface area contributed by atoms with E-state index < -0.39 is 0 Å². The number of allylic oxidation sites excluding steroid dienone is 4. The molecule has 0 radical (unpaired) electrons. The predicted octanol–water partition coefficient (Wildman–Crippen LogP) is 11.9. The molecule has 7 aromatic carbocycles. The summed E-state index contributed by atoms with van der Waals surface area (Å²) in [7, 11) is 0. The minimum Gasteiger partial charge on any atom is -0.0990 e. The maximum absolute atomic E-state index is 4.28. The van der Waals surface area contributed by atoms with Gasteiger partial charge in [0.05, 0.1) is 0 Å². The number of hydrogen-bond donors (Lipinski definition) is 0. The lowest BCUT2D eigenvalue weighted by Gasteiger charge is -2.25. The highest BCUT2D eigenvalue weighted by atomic mass is 14.3. The summed E-state index contributed by atoms with van der Waals surface area (Å²) in [4.78, 5) is 0. The second-order valence-corrected chi connectivity index (χ2v) is 10.5. The largest absolute Gasteiger partial charge is 0.0990 e. The molecule has 0 saturated heterocycles. The molecule has 0 bridgehead atoms. The van der Waals surface area contributed by atoms with Gasteiger partial charge >= 0.3 is 0 Å². The van der Waals surface area contributed by atoms with E-state index in [1.165, 1.54) is 71.3 Å². The van der Waals surface area contributed by atoms with Crippen molar-refractivity contribution in [1.29, 1.82) is 0 Å². The third-order valence-corrected chi connectivity index (χ3v) is 8.17. The number of rotatable bonds is 6. The summed E-state index contributed by atoms with van der Waals surface area (Å²) in [5.74, 6) is 0. The molecule has 0 atom stereocenters. The van der Waals surface area contributed by atoms with Crippen LogP contribution >= 0.6 is 0 Å². The SMILES string of the molecule is C=C/C=C(\C=C)c1c2ccccc2c(-c2ccccc2)c2c(-c3ccccc3)c3ccccc3c(-c3ccccc3)c12. The smallest absolute Gasteiger partial charge is 0.000139 e. The molecule has 0 N–H and O–H groups in total. The Bertz CT molecular complexity index is 2080. The Kier molecular flexibility index (Phi) is 6.58. The quantitative estimate of drug-likeness (QED) is 0.147. The van der Waals surface area contributed by atoms with Crippen molar-refractivity contribution < 1.29 is 0 Å². The van der Waals surface area contributed by atoms with Gasteiger partial charge in [-0.05, 0) is 76.8 Å². The van der Waals surface area contributed by atoms with Crippen LogP contribution in [-0.2, 0) is 0 Å². The number of benzene rings is 7. The minimum absolute atomic E-state index is 1.05. The topological polar surface area (TPSA) is 0 Å². The van der Waals surface area contributed by atoms with Crippen LogP contribution in [-0.4, -0.2) is 0 Å². The molecule has 42 heavy (non-hydrogen) atoms. The average Bonchev–Trinajstić information content (AvgIpc) is 3.06. The molecule has 0 aliphatic rings. The molecule has 7 aromatic rings. The van der Waals surface area contributed by atoms with Crippen molar-refractivity contribution in [2.75, 3.05) is 0 Å². The van der Waals surface area contributed by atoms with Crippen LogP contribution < -0.4 is 0 Å². The van der Waals surface area contributed by atoms with Crippen LogP contribution in [0.15, 0.2) is 171 Å². The van der Waals surface area contributed by atoms with Crippen LogP contribution in [0.3, 0.4) is 0 Å². The van der Waals surface area contributed by atoms with Crippen molar-refractivity contribution in [2.24, 2.45) is 0 Å². The Labute approximate surface area is 247 Å². The fourth-order valence-electron chi connectivity index (χ4n) is 6.52. The van der Waals surface area contributed by atoms with Gasteiger partial charge in [0, 0.05) is 0 Å². The minimum atomic E-state index is 1.05. The summed E-state index contributed by atoms with van der Waals surface area (Å²) < 4.78 is 0. The normalized spacial score (nSPS) is 11.7. The highest BCUT2D eigenvalue weighted by Gasteiger charge is 2.25. The lowest BCUT2D eigenvalue weighted by Crippen LogP contribution is -1.99. The lowest BCUT2D eigenvalue weighted by molar-refractivity contribution is 1.63. The Morgan fingerprint density at radius 2 is 0.762 bits per heavy atom. The monoisotopic (exact) mass is 534 g/mol. The fourth-order valence-corrected chi connectivity index (χ4v) is 6.52. The van der Waals surface area contributed by atoms with E-state index in [2.05, 4.69) is 159 Å². The zero-order chi connectivity index (χ0) is 28.5. The Morgan fingerprint density at radius 3 is 1.17 bits per heavy atom. The third-order valence-electron chi connectivity index (χ3n) is 8.17. The molecule has 0 aliphatic carbocycles. The van der Waals surface area contributed by atoms with Gasteiger partial charge in [-0.25, -0.2) is 0 Å². The molecule has 0 saturated carbocycles. The van der Waals surface area contributed by atoms with Crippen molar-refractivity contribution in [2.45, 2.75) is 0 Å². The molecule has 0 aliphatic heterocycles. The highest BCUT2D eigenvalue weighted by Crippen LogP contribution is 2.52. The van der Waals surface area contributed by atoms with Crippen LogP contribution in [0.5, 0.6) is 0 Å². The van der Waals surface area contributed by atoms with Gasteiger partial charge in [-0.2, -0.15) is 0 Å². The zero-order valence-electron chi connectivity index (χ0n) is 23.4. The number of hydrogen-bond acceptors (Lipinski definition) is 0. The first-order valence-corrected chi connectivity index (χ1v) is 14.4. The summed E-state index contributed by atoms with van der Waals surface area (Å²) in [6.45, 7) is 8.35. The highest BCUT2D eigenvalue weighted by molar-refractivity contribution is 6.32. The van der Waals surface area contributed by atoms with E-state index in [-0.39, 0.29) is 0 Å². The van der Waals surface area contributed by atoms with Gasteiger partial charge in [0.25, 0.3) is 0 Å². The molecule has 0 amide bonds. The van der Waals surface area contributed by atoms with E-state index in [1.807, 2.05) is 12.2 Å². The molecule has 0 unspecified atom stereocenters. The summed E-state index contributed by atoms with van der Waals surface area (Å²) in [5, 5.41) is 7.35. The van der Waals surface area contributed by atoms with Crippen molar-refractivity contribution in [3.05, 3.63) is 176 Å². The molecule has 198 valence electrons. The van der Waals surface area contributed by atoms with E-state index in [4.69, 9.17) is 0 Å². The lowest BCUT2D eigenvalue weighted by atomic mass is 9.77. The van der Waals surface area contributed by atoms with Crippen LogP contribution in [0.1, 0.15) is 5.56 Å². The molecule has 0 aromatic heterocycles. The Morgan fingerprint density at radius 1 is 0.405 bits per heavy atom. The van der Waals surface area contributed by atoms with Gasteiger partial charge < -0.3 is 0 Å². The zero-order valence-corrected chi connectivity index (χ0v) is 23.4. The van der Waals surface area contributed by atoms with E-state index >= 15 is 0 Å². The van der Waals surface area contributed by atoms with Crippen molar-refractivity contribution in [3.8, 4) is 33.4 Å². The summed E-state index contributed by atoms with van der Waals surface area (Å²) in [6.07, 6.45) is 5.92. The average molecular weight is 535 g/mol. The first-order valence-electron chi connectivity index (χ1n) is 14.4. The molecule has 0 spiro atoms. The molecular weight excluding hydrogens is 504 g/mol. The van der Waals surface area contributed by atoms with Crippen LogP contribution in [0.4, 0.5) is 0 Å². The maximum atomic E-state index is 4.28. The predicted molar refractivity (Wildman–Crippen MR) is 184 cm³/mol. The van der Waals surface area contributed by atoms with Crippen molar-refractivity contribution >= 4 is 37.9 Å². The van der Waals surface area contributed by atoms with Gasteiger partial charge in [-0.1, -0.05) is 171 Å². The second-order valence-electron chi connectivity index (χ2n) is 10.5. The first-order chi connectivity index (χ1) is 20.8. The van der Waals surface area contributed by atoms with Crippen molar-refractivity contribution in [3.63, 3.8) is 0 Å².